The Labute approximate surface area is 180 Å². The number of hydrogen-bond donors (Lipinski definition) is 0. The molecule has 31 heavy (non-hydrogen) atoms. The molecule has 5 rings (SSSR count). The van der Waals surface area contributed by atoms with E-state index in [1.54, 1.807) is 6.07 Å². The lowest BCUT2D eigenvalue weighted by atomic mass is 9.92. The summed E-state index contributed by atoms with van der Waals surface area (Å²) >= 11 is 0. The van der Waals surface area contributed by atoms with Crippen molar-refractivity contribution in [2.75, 3.05) is 13.1 Å². The molecular formula is C24H25N5O2. The summed E-state index contributed by atoms with van der Waals surface area (Å²) < 4.78 is 7.24. The van der Waals surface area contributed by atoms with E-state index in [0.29, 0.717) is 30.8 Å². The highest BCUT2D eigenvalue weighted by Crippen LogP contribution is 2.34. The van der Waals surface area contributed by atoms with E-state index in [2.05, 4.69) is 41.8 Å². The van der Waals surface area contributed by atoms with Crippen LogP contribution in [-0.4, -0.2) is 43.6 Å². The monoisotopic (exact) mass is 415 g/mol. The van der Waals surface area contributed by atoms with E-state index in [-0.39, 0.29) is 5.91 Å². The molecule has 1 saturated heterocycles. The Morgan fingerprint density at radius 2 is 1.90 bits per heavy atom. The standard InChI is InChI=1S/C24H25N5O2/c1-16(2)29-15-25-23-20(29)14-19(27-22(23)18-6-4-3-5-7-18)17-9-12-28(13-10-17)24(30)21-8-11-26-31-21/h3-8,11,14-17H,9-10,12-13H2,1-2H3. The molecule has 0 aliphatic carbocycles. The maximum absolute atomic E-state index is 12.6. The Balaban J connectivity index is 1.47. The number of carbonyl (C=O) groups is 1. The van der Waals surface area contributed by atoms with Gasteiger partial charge >= 0.3 is 0 Å². The van der Waals surface area contributed by atoms with Gasteiger partial charge in [0, 0.05) is 42.4 Å². The van der Waals surface area contributed by atoms with Gasteiger partial charge in [-0.05, 0) is 32.8 Å². The van der Waals surface area contributed by atoms with Gasteiger partial charge in [-0.25, -0.2) is 4.98 Å². The van der Waals surface area contributed by atoms with Gasteiger partial charge in [0.1, 0.15) is 5.52 Å². The molecule has 1 aliphatic rings. The number of hydrogen-bond acceptors (Lipinski definition) is 5. The predicted octanol–water partition coefficient (Wildman–Crippen LogP) is 4.69. The van der Waals surface area contributed by atoms with E-state index >= 15 is 0 Å². The van der Waals surface area contributed by atoms with Crippen molar-refractivity contribution < 1.29 is 9.32 Å². The molecule has 4 heterocycles. The largest absolute Gasteiger partial charge is 0.351 e. The minimum Gasteiger partial charge on any atom is -0.351 e. The van der Waals surface area contributed by atoms with Crippen LogP contribution >= 0.6 is 0 Å². The van der Waals surface area contributed by atoms with Crippen molar-refractivity contribution >= 4 is 16.9 Å². The molecule has 1 amide bonds. The summed E-state index contributed by atoms with van der Waals surface area (Å²) in [7, 11) is 0. The Morgan fingerprint density at radius 1 is 1.13 bits per heavy atom. The number of pyridine rings is 1. The molecule has 0 atom stereocenters. The van der Waals surface area contributed by atoms with Crippen molar-refractivity contribution in [2.45, 2.75) is 38.6 Å². The van der Waals surface area contributed by atoms with Gasteiger partial charge in [-0.1, -0.05) is 35.5 Å². The smallest absolute Gasteiger partial charge is 0.292 e. The molecule has 0 N–H and O–H groups in total. The second-order valence-electron chi connectivity index (χ2n) is 8.32. The number of likely N-dealkylation sites (tertiary alicyclic amines) is 1. The summed E-state index contributed by atoms with van der Waals surface area (Å²) in [6.45, 7) is 5.68. The van der Waals surface area contributed by atoms with Gasteiger partial charge < -0.3 is 14.0 Å². The number of carbonyl (C=O) groups excluding carboxylic acids is 1. The molecule has 7 nitrogen and oxygen atoms in total. The van der Waals surface area contributed by atoms with Gasteiger partial charge in [0.05, 0.1) is 23.7 Å². The highest BCUT2D eigenvalue weighted by Gasteiger charge is 2.28. The minimum absolute atomic E-state index is 0.0952. The van der Waals surface area contributed by atoms with Crippen LogP contribution in [0, 0.1) is 0 Å². The third-order valence-corrected chi connectivity index (χ3v) is 6.03. The van der Waals surface area contributed by atoms with Crippen LogP contribution in [0.3, 0.4) is 0 Å². The minimum atomic E-state index is -0.0952. The van der Waals surface area contributed by atoms with Crippen molar-refractivity contribution in [3.63, 3.8) is 0 Å². The molecule has 4 aromatic rings. The zero-order chi connectivity index (χ0) is 21.4. The van der Waals surface area contributed by atoms with Crippen molar-refractivity contribution in [3.8, 4) is 11.3 Å². The summed E-state index contributed by atoms with van der Waals surface area (Å²) in [5.41, 5.74) is 5.11. The lowest BCUT2D eigenvalue weighted by Crippen LogP contribution is -2.37. The first-order valence-corrected chi connectivity index (χ1v) is 10.7. The third-order valence-electron chi connectivity index (χ3n) is 6.03. The molecule has 0 radical (unpaired) electrons. The van der Waals surface area contributed by atoms with Crippen LogP contribution < -0.4 is 0 Å². The molecule has 158 valence electrons. The first kappa shape index (κ1) is 19.5. The van der Waals surface area contributed by atoms with Crippen LogP contribution in [0.25, 0.3) is 22.3 Å². The van der Waals surface area contributed by atoms with Gasteiger partial charge in [0.25, 0.3) is 5.91 Å². The zero-order valence-electron chi connectivity index (χ0n) is 17.7. The van der Waals surface area contributed by atoms with Crippen LogP contribution in [0.5, 0.6) is 0 Å². The Morgan fingerprint density at radius 3 is 2.58 bits per heavy atom. The molecule has 0 spiro atoms. The fourth-order valence-corrected chi connectivity index (χ4v) is 4.33. The zero-order valence-corrected chi connectivity index (χ0v) is 17.7. The molecule has 1 fully saturated rings. The number of benzene rings is 1. The third kappa shape index (κ3) is 3.60. The molecule has 1 aliphatic heterocycles. The van der Waals surface area contributed by atoms with Crippen molar-refractivity contribution in [2.24, 2.45) is 0 Å². The maximum Gasteiger partial charge on any atom is 0.292 e. The Bertz CT molecular complexity index is 1190. The number of fused-ring (bicyclic) bond motifs is 1. The normalized spacial score (nSPS) is 15.1. The van der Waals surface area contributed by atoms with Gasteiger partial charge in [-0.2, -0.15) is 0 Å². The van der Waals surface area contributed by atoms with Crippen molar-refractivity contribution in [3.05, 3.63) is 66.4 Å². The second-order valence-corrected chi connectivity index (χ2v) is 8.32. The quantitative estimate of drug-likeness (QED) is 0.483. The summed E-state index contributed by atoms with van der Waals surface area (Å²) in [6, 6.07) is 14.3. The lowest BCUT2D eigenvalue weighted by molar-refractivity contribution is 0.0670. The average molecular weight is 415 g/mol. The molecule has 0 unspecified atom stereocenters. The first-order valence-electron chi connectivity index (χ1n) is 10.7. The van der Waals surface area contributed by atoms with Gasteiger partial charge in [0.2, 0.25) is 5.76 Å². The number of imidazole rings is 1. The van der Waals surface area contributed by atoms with E-state index in [1.165, 1.54) is 6.20 Å². The Kier molecular flexibility index (Phi) is 5.02. The molecule has 3 aromatic heterocycles. The van der Waals surface area contributed by atoms with Gasteiger partial charge in [-0.3, -0.25) is 9.78 Å². The summed E-state index contributed by atoms with van der Waals surface area (Å²) in [4.78, 5) is 24.2. The predicted molar refractivity (Wildman–Crippen MR) is 118 cm³/mol. The fraction of sp³-hybridized carbons (Fsp3) is 0.333. The fourth-order valence-electron chi connectivity index (χ4n) is 4.33. The number of aromatic nitrogens is 4. The van der Waals surface area contributed by atoms with E-state index in [9.17, 15) is 4.79 Å². The maximum atomic E-state index is 12.6. The van der Waals surface area contributed by atoms with Crippen LogP contribution in [0.1, 0.15) is 54.9 Å². The van der Waals surface area contributed by atoms with Crippen LogP contribution in [0.2, 0.25) is 0 Å². The van der Waals surface area contributed by atoms with Crippen LogP contribution in [-0.2, 0) is 0 Å². The SMILES string of the molecule is CC(C)n1cnc2c(-c3ccccc3)nc(C3CCN(C(=O)c4ccno4)CC3)cc21. The van der Waals surface area contributed by atoms with E-state index < -0.39 is 0 Å². The summed E-state index contributed by atoms with van der Waals surface area (Å²) in [5, 5.41) is 3.64. The number of nitrogens with zero attached hydrogens (tertiary/aromatic N) is 5. The van der Waals surface area contributed by atoms with Crippen molar-refractivity contribution in [1.82, 2.24) is 24.6 Å². The Hall–Kier alpha value is -3.48. The lowest BCUT2D eigenvalue weighted by Gasteiger charge is -2.31. The summed E-state index contributed by atoms with van der Waals surface area (Å²) in [5.74, 6) is 0.494. The number of piperidine rings is 1. The summed E-state index contributed by atoms with van der Waals surface area (Å²) in [6.07, 6.45) is 5.14. The van der Waals surface area contributed by atoms with E-state index in [1.807, 2.05) is 29.4 Å². The van der Waals surface area contributed by atoms with Crippen LogP contribution in [0.15, 0.2) is 59.5 Å². The average Bonchev–Trinajstić information content (AvgIpc) is 3.49. The van der Waals surface area contributed by atoms with E-state index in [4.69, 9.17) is 14.5 Å². The molecule has 7 heteroatoms. The second kappa shape index (κ2) is 7.98. The molecular weight excluding hydrogens is 390 g/mol. The molecule has 0 bridgehead atoms. The van der Waals surface area contributed by atoms with Crippen LogP contribution in [0.4, 0.5) is 0 Å². The van der Waals surface area contributed by atoms with Crippen molar-refractivity contribution in [1.29, 1.82) is 0 Å². The molecule has 0 saturated carbocycles. The number of amides is 1. The van der Waals surface area contributed by atoms with Gasteiger partial charge in [0.15, 0.2) is 0 Å². The first-order chi connectivity index (χ1) is 15.1. The topological polar surface area (TPSA) is 77.1 Å². The van der Waals surface area contributed by atoms with Gasteiger partial charge in [-0.15, -0.1) is 0 Å². The highest BCUT2D eigenvalue weighted by molar-refractivity contribution is 5.91. The molecule has 1 aromatic carbocycles. The number of rotatable bonds is 4. The van der Waals surface area contributed by atoms with E-state index in [0.717, 1.165) is 40.8 Å². The highest BCUT2D eigenvalue weighted by atomic mass is 16.5.